The summed E-state index contributed by atoms with van der Waals surface area (Å²) in [7, 11) is 1.83. The molecule has 2 N–H and O–H groups in total. The molecule has 0 aromatic heterocycles. The van der Waals surface area contributed by atoms with E-state index in [0.29, 0.717) is 13.1 Å². The van der Waals surface area contributed by atoms with Gasteiger partial charge in [0.2, 0.25) is 5.91 Å². The zero-order valence-corrected chi connectivity index (χ0v) is 12.6. The fraction of sp³-hybridized carbons (Fsp3) is 0.278. The lowest BCUT2D eigenvalue weighted by atomic mass is 9.97. The molecule has 0 saturated heterocycles. The Labute approximate surface area is 126 Å². The van der Waals surface area contributed by atoms with Crippen molar-refractivity contribution < 1.29 is 4.79 Å². The van der Waals surface area contributed by atoms with Gasteiger partial charge in [-0.05, 0) is 18.1 Å². The van der Waals surface area contributed by atoms with Gasteiger partial charge in [-0.2, -0.15) is 0 Å². The van der Waals surface area contributed by atoms with Gasteiger partial charge in [0, 0.05) is 20.1 Å². The minimum atomic E-state index is -0.277. The second-order valence-electron chi connectivity index (χ2n) is 5.38. The SMILES string of the molecule is Cc1cccc(CN(C)C(=O)C(CN)c2ccccc2)c1. The van der Waals surface area contributed by atoms with Crippen LogP contribution < -0.4 is 5.73 Å². The highest BCUT2D eigenvalue weighted by molar-refractivity contribution is 5.83. The molecule has 2 aromatic carbocycles. The molecule has 1 amide bonds. The van der Waals surface area contributed by atoms with Crippen LogP contribution in [0.15, 0.2) is 54.6 Å². The second-order valence-corrected chi connectivity index (χ2v) is 5.38. The molecule has 0 aliphatic carbocycles. The summed E-state index contributed by atoms with van der Waals surface area (Å²) in [4.78, 5) is 14.4. The van der Waals surface area contributed by atoms with Crippen molar-refractivity contribution in [1.29, 1.82) is 0 Å². The highest BCUT2D eigenvalue weighted by atomic mass is 16.2. The van der Waals surface area contributed by atoms with Crippen LogP contribution in [0.2, 0.25) is 0 Å². The number of hydrogen-bond donors (Lipinski definition) is 1. The average molecular weight is 282 g/mol. The van der Waals surface area contributed by atoms with Gasteiger partial charge in [0.15, 0.2) is 0 Å². The average Bonchev–Trinajstić information content (AvgIpc) is 2.49. The van der Waals surface area contributed by atoms with E-state index in [1.165, 1.54) is 5.56 Å². The number of nitrogens with zero attached hydrogens (tertiary/aromatic N) is 1. The van der Waals surface area contributed by atoms with E-state index < -0.39 is 0 Å². The lowest BCUT2D eigenvalue weighted by molar-refractivity contribution is -0.131. The molecule has 0 aliphatic heterocycles. The molecular formula is C18H22N2O. The smallest absolute Gasteiger partial charge is 0.231 e. The molecule has 1 unspecified atom stereocenters. The summed E-state index contributed by atoms with van der Waals surface area (Å²) in [6, 6.07) is 17.9. The van der Waals surface area contributed by atoms with Crippen molar-refractivity contribution >= 4 is 5.91 Å². The van der Waals surface area contributed by atoms with Gasteiger partial charge in [0.1, 0.15) is 0 Å². The maximum atomic E-state index is 12.6. The highest BCUT2D eigenvalue weighted by Crippen LogP contribution is 2.18. The molecule has 0 aliphatic rings. The molecule has 110 valence electrons. The Balaban J connectivity index is 2.10. The first-order valence-corrected chi connectivity index (χ1v) is 7.17. The van der Waals surface area contributed by atoms with E-state index >= 15 is 0 Å². The molecule has 21 heavy (non-hydrogen) atoms. The third-order valence-electron chi connectivity index (χ3n) is 3.61. The summed E-state index contributed by atoms with van der Waals surface area (Å²) in [5.41, 5.74) is 9.12. The summed E-state index contributed by atoms with van der Waals surface area (Å²) in [6.07, 6.45) is 0. The predicted octanol–water partition coefficient (Wildman–Crippen LogP) is 2.70. The number of carbonyl (C=O) groups is 1. The number of carbonyl (C=O) groups excluding carboxylic acids is 1. The van der Waals surface area contributed by atoms with Crippen LogP contribution in [-0.4, -0.2) is 24.4 Å². The van der Waals surface area contributed by atoms with Crippen LogP contribution in [0.3, 0.4) is 0 Å². The summed E-state index contributed by atoms with van der Waals surface area (Å²) < 4.78 is 0. The Hall–Kier alpha value is -2.13. The van der Waals surface area contributed by atoms with E-state index in [2.05, 4.69) is 19.1 Å². The van der Waals surface area contributed by atoms with Gasteiger partial charge in [0.25, 0.3) is 0 Å². The molecule has 0 spiro atoms. The molecule has 3 nitrogen and oxygen atoms in total. The fourth-order valence-corrected chi connectivity index (χ4v) is 2.49. The molecule has 2 aromatic rings. The van der Waals surface area contributed by atoms with Gasteiger partial charge in [-0.1, -0.05) is 60.2 Å². The zero-order valence-electron chi connectivity index (χ0n) is 12.6. The number of amides is 1. The Morgan fingerprint density at radius 1 is 1.14 bits per heavy atom. The number of nitrogens with two attached hydrogens (primary N) is 1. The van der Waals surface area contributed by atoms with E-state index in [9.17, 15) is 4.79 Å². The molecule has 0 heterocycles. The largest absolute Gasteiger partial charge is 0.341 e. The predicted molar refractivity (Wildman–Crippen MR) is 85.9 cm³/mol. The van der Waals surface area contributed by atoms with Crippen molar-refractivity contribution in [3.63, 3.8) is 0 Å². The van der Waals surface area contributed by atoms with Crippen molar-refractivity contribution in [2.45, 2.75) is 19.4 Å². The van der Waals surface area contributed by atoms with Crippen LogP contribution in [-0.2, 0) is 11.3 Å². The van der Waals surface area contributed by atoms with Crippen LogP contribution in [0.5, 0.6) is 0 Å². The third kappa shape index (κ3) is 3.92. The summed E-state index contributed by atoms with van der Waals surface area (Å²) in [6.45, 7) is 2.98. The standard InChI is InChI=1S/C18H22N2O/c1-14-7-6-8-15(11-14)13-20(2)18(21)17(12-19)16-9-4-3-5-10-16/h3-11,17H,12-13,19H2,1-2H3. The fourth-order valence-electron chi connectivity index (χ4n) is 2.49. The van der Waals surface area contributed by atoms with Crippen LogP contribution in [0.25, 0.3) is 0 Å². The maximum absolute atomic E-state index is 12.6. The van der Waals surface area contributed by atoms with Crippen molar-refractivity contribution in [3.05, 3.63) is 71.3 Å². The van der Waals surface area contributed by atoms with E-state index in [1.807, 2.05) is 49.5 Å². The van der Waals surface area contributed by atoms with E-state index in [-0.39, 0.29) is 11.8 Å². The zero-order chi connectivity index (χ0) is 15.2. The van der Waals surface area contributed by atoms with Crippen LogP contribution >= 0.6 is 0 Å². The van der Waals surface area contributed by atoms with Gasteiger partial charge >= 0.3 is 0 Å². The quantitative estimate of drug-likeness (QED) is 0.916. The molecule has 1 atom stereocenters. The Bertz CT molecular complexity index is 595. The van der Waals surface area contributed by atoms with Crippen molar-refractivity contribution in [2.75, 3.05) is 13.6 Å². The monoisotopic (exact) mass is 282 g/mol. The van der Waals surface area contributed by atoms with Gasteiger partial charge in [-0.25, -0.2) is 0 Å². The second kappa shape index (κ2) is 7.04. The molecule has 0 fully saturated rings. The van der Waals surface area contributed by atoms with Gasteiger partial charge in [-0.3, -0.25) is 4.79 Å². The minimum absolute atomic E-state index is 0.0604. The first kappa shape index (κ1) is 15.3. The van der Waals surface area contributed by atoms with Gasteiger partial charge in [-0.15, -0.1) is 0 Å². The lowest BCUT2D eigenvalue weighted by Gasteiger charge is -2.23. The van der Waals surface area contributed by atoms with E-state index in [0.717, 1.165) is 11.1 Å². The van der Waals surface area contributed by atoms with Gasteiger partial charge < -0.3 is 10.6 Å². The maximum Gasteiger partial charge on any atom is 0.231 e. The number of rotatable bonds is 5. The topological polar surface area (TPSA) is 46.3 Å². The molecule has 0 bridgehead atoms. The first-order valence-electron chi connectivity index (χ1n) is 7.17. The lowest BCUT2D eigenvalue weighted by Crippen LogP contribution is -2.34. The van der Waals surface area contributed by atoms with E-state index in [1.54, 1.807) is 4.90 Å². The summed E-state index contributed by atoms with van der Waals surface area (Å²) in [5.74, 6) is -0.216. The van der Waals surface area contributed by atoms with E-state index in [4.69, 9.17) is 5.73 Å². The number of benzene rings is 2. The normalized spacial score (nSPS) is 12.0. The first-order chi connectivity index (χ1) is 10.1. The van der Waals surface area contributed by atoms with Crippen LogP contribution in [0.1, 0.15) is 22.6 Å². The molecular weight excluding hydrogens is 260 g/mol. The Kier molecular flexibility index (Phi) is 5.12. The molecule has 0 radical (unpaired) electrons. The van der Waals surface area contributed by atoms with Crippen LogP contribution in [0, 0.1) is 6.92 Å². The minimum Gasteiger partial charge on any atom is -0.341 e. The molecule has 3 heteroatoms. The van der Waals surface area contributed by atoms with Gasteiger partial charge in [0.05, 0.1) is 5.92 Å². The summed E-state index contributed by atoms with van der Waals surface area (Å²) in [5, 5.41) is 0. The summed E-state index contributed by atoms with van der Waals surface area (Å²) >= 11 is 0. The third-order valence-corrected chi connectivity index (χ3v) is 3.61. The number of hydrogen-bond acceptors (Lipinski definition) is 2. The molecule has 2 rings (SSSR count). The highest BCUT2D eigenvalue weighted by Gasteiger charge is 2.22. The molecule has 0 saturated carbocycles. The number of aryl methyl sites for hydroxylation is 1. The van der Waals surface area contributed by atoms with Crippen molar-refractivity contribution in [1.82, 2.24) is 4.90 Å². The number of likely N-dealkylation sites (N-methyl/N-ethyl adjacent to an activating group) is 1. The van der Waals surface area contributed by atoms with Crippen molar-refractivity contribution in [2.24, 2.45) is 5.73 Å². The van der Waals surface area contributed by atoms with Crippen LogP contribution in [0.4, 0.5) is 0 Å². The Morgan fingerprint density at radius 3 is 2.48 bits per heavy atom. The van der Waals surface area contributed by atoms with Crippen molar-refractivity contribution in [3.8, 4) is 0 Å². The Morgan fingerprint density at radius 2 is 1.86 bits per heavy atom.